The highest BCUT2D eigenvalue weighted by atomic mass is 16.5. The van der Waals surface area contributed by atoms with Gasteiger partial charge in [-0.3, -0.25) is 9.59 Å². The molecule has 0 radical (unpaired) electrons. The highest BCUT2D eigenvalue weighted by Crippen LogP contribution is 2.13. The third-order valence-electron chi connectivity index (χ3n) is 2.48. The molecule has 0 aliphatic heterocycles. The SMILES string of the molecule is COCCCNC(=O)CNc1ccccc1C(N)=O. The summed E-state index contributed by atoms with van der Waals surface area (Å²) in [5.41, 5.74) is 6.17. The monoisotopic (exact) mass is 265 g/mol. The number of nitrogens with two attached hydrogens (primary N) is 1. The number of carbonyl (C=O) groups excluding carboxylic acids is 2. The lowest BCUT2D eigenvalue weighted by Gasteiger charge is -2.10. The van der Waals surface area contributed by atoms with Gasteiger partial charge < -0.3 is 21.1 Å². The molecule has 6 nitrogen and oxygen atoms in total. The Hall–Kier alpha value is -2.08. The van der Waals surface area contributed by atoms with E-state index in [0.29, 0.717) is 24.4 Å². The van der Waals surface area contributed by atoms with Crippen molar-refractivity contribution in [3.05, 3.63) is 29.8 Å². The largest absolute Gasteiger partial charge is 0.385 e. The molecule has 0 unspecified atom stereocenters. The molecular formula is C13H19N3O3. The van der Waals surface area contributed by atoms with Gasteiger partial charge in [-0.1, -0.05) is 12.1 Å². The van der Waals surface area contributed by atoms with Crippen molar-refractivity contribution < 1.29 is 14.3 Å². The maximum Gasteiger partial charge on any atom is 0.250 e. The molecule has 0 saturated carbocycles. The molecule has 0 fully saturated rings. The van der Waals surface area contributed by atoms with Crippen LogP contribution in [0.2, 0.25) is 0 Å². The molecule has 6 heteroatoms. The first kappa shape index (κ1) is 15.0. The Morgan fingerprint density at radius 1 is 1.32 bits per heavy atom. The number of para-hydroxylation sites is 1. The van der Waals surface area contributed by atoms with E-state index in [1.54, 1.807) is 31.4 Å². The van der Waals surface area contributed by atoms with Crippen LogP contribution in [-0.2, 0) is 9.53 Å². The topological polar surface area (TPSA) is 93.4 Å². The van der Waals surface area contributed by atoms with Gasteiger partial charge in [-0.2, -0.15) is 0 Å². The third kappa shape index (κ3) is 5.39. The summed E-state index contributed by atoms with van der Waals surface area (Å²) in [4.78, 5) is 22.7. The molecule has 1 rings (SSSR count). The summed E-state index contributed by atoms with van der Waals surface area (Å²) in [5, 5.41) is 5.63. The van der Waals surface area contributed by atoms with Crippen molar-refractivity contribution in [3.8, 4) is 0 Å². The molecule has 2 amide bonds. The van der Waals surface area contributed by atoms with Gasteiger partial charge in [0.1, 0.15) is 0 Å². The molecule has 0 saturated heterocycles. The number of primary amides is 1. The molecule has 0 aliphatic carbocycles. The summed E-state index contributed by atoms with van der Waals surface area (Å²) in [6.07, 6.45) is 0.764. The van der Waals surface area contributed by atoms with Gasteiger partial charge in [0.25, 0.3) is 5.91 Å². The van der Waals surface area contributed by atoms with E-state index < -0.39 is 5.91 Å². The second kappa shape index (κ2) is 8.10. The molecule has 0 heterocycles. The number of benzene rings is 1. The lowest BCUT2D eigenvalue weighted by Crippen LogP contribution is -2.31. The lowest BCUT2D eigenvalue weighted by atomic mass is 10.1. The first-order valence-electron chi connectivity index (χ1n) is 6.03. The highest BCUT2D eigenvalue weighted by molar-refractivity contribution is 5.98. The summed E-state index contributed by atoms with van der Waals surface area (Å²) in [6, 6.07) is 6.81. The lowest BCUT2D eigenvalue weighted by molar-refractivity contribution is -0.119. The van der Waals surface area contributed by atoms with Crippen LogP contribution in [0.4, 0.5) is 5.69 Å². The average Bonchev–Trinajstić information content (AvgIpc) is 2.41. The van der Waals surface area contributed by atoms with Crippen LogP contribution in [0.5, 0.6) is 0 Å². The molecule has 104 valence electrons. The van der Waals surface area contributed by atoms with E-state index in [-0.39, 0.29) is 12.5 Å². The van der Waals surface area contributed by atoms with Gasteiger partial charge in [0.05, 0.1) is 12.1 Å². The minimum Gasteiger partial charge on any atom is -0.385 e. The van der Waals surface area contributed by atoms with E-state index in [0.717, 1.165) is 6.42 Å². The van der Waals surface area contributed by atoms with Gasteiger partial charge in [0.2, 0.25) is 5.91 Å². The van der Waals surface area contributed by atoms with E-state index in [1.807, 2.05) is 0 Å². The van der Waals surface area contributed by atoms with Gasteiger partial charge in [-0.25, -0.2) is 0 Å². The summed E-state index contributed by atoms with van der Waals surface area (Å²) < 4.78 is 4.88. The van der Waals surface area contributed by atoms with E-state index >= 15 is 0 Å². The molecular weight excluding hydrogens is 246 g/mol. The number of anilines is 1. The van der Waals surface area contributed by atoms with Crippen LogP contribution in [0.25, 0.3) is 0 Å². The Balaban J connectivity index is 2.40. The number of rotatable bonds is 8. The van der Waals surface area contributed by atoms with Crippen LogP contribution in [-0.4, -0.2) is 38.6 Å². The minimum absolute atomic E-state index is 0.0945. The fourth-order valence-corrected chi connectivity index (χ4v) is 1.53. The van der Waals surface area contributed by atoms with E-state index in [1.165, 1.54) is 0 Å². The van der Waals surface area contributed by atoms with Crippen molar-refractivity contribution in [2.24, 2.45) is 5.73 Å². The normalized spacial score (nSPS) is 9.95. The average molecular weight is 265 g/mol. The van der Waals surface area contributed by atoms with Gasteiger partial charge >= 0.3 is 0 Å². The maximum absolute atomic E-state index is 11.5. The molecule has 4 N–H and O–H groups in total. The smallest absolute Gasteiger partial charge is 0.250 e. The summed E-state index contributed by atoms with van der Waals surface area (Å²) in [5.74, 6) is -0.668. The van der Waals surface area contributed by atoms with Crippen molar-refractivity contribution in [2.75, 3.05) is 32.1 Å². The number of hydrogen-bond donors (Lipinski definition) is 3. The van der Waals surface area contributed by atoms with Gasteiger partial charge in [-0.05, 0) is 18.6 Å². The Bertz CT molecular complexity index is 435. The van der Waals surface area contributed by atoms with Crippen molar-refractivity contribution in [1.29, 1.82) is 0 Å². The number of carbonyl (C=O) groups is 2. The zero-order valence-corrected chi connectivity index (χ0v) is 10.9. The van der Waals surface area contributed by atoms with Gasteiger partial charge in [0, 0.05) is 25.9 Å². The summed E-state index contributed by atoms with van der Waals surface area (Å²) >= 11 is 0. The number of methoxy groups -OCH3 is 1. The van der Waals surface area contributed by atoms with Crippen LogP contribution >= 0.6 is 0 Å². The van der Waals surface area contributed by atoms with Crippen LogP contribution in [0.1, 0.15) is 16.8 Å². The standard InChI is InChI=1S/C13H19N3O3/c1-19-8-4-7-15-12(17)9-16-11-6-3-2-5-10(11)13(14)18/h2-3,5-6,16H,4,7-9H2,1H3,(H2,14,18)(H,15,17). The number of ether oxygens (including phenoxy) is 1. The van der Waals surface area contributed by atoms with E-state index in [9.17, 15) is 9.59 Å². The molecule has 0 aliphatic rings. The van der Waals surface area contributed by atoms with Crippen LogP contribution in [0.3, 0.4) is 0 Å². The second-order valence-electron chi connectivity index (χ2n) is 3.96. The zero-order valence-electron chi connectivity index (χ0n) is 10.9. The first-order valence-corrected chi connectivity index (χ1v) is 6.03. The molecule has 0 aromatic heterocycles. The van der Waals surface area contributed by atoms with Crippen molar-refractivity contribution >= 4 is 17.5 Å². The Labute approximate surface area is 112 Å². The number of amides is 2. The van der Waals surface area contributed by atoms with E-state index in [4.69, 9.17) is 10.5 Å². The Morgan fingerprint density at radius 3 is 2.74 bits per heavy atom. The second-order valence-corrected chi connectivity index (χ2v) is 3.96. The molecule has 1 aromatic rings. The number of hydrogen-bond acceptors (Lipinski definition) is 4. The quantitative estimate of drug-likeness (QED) is 0.591. The molecule has 0 spiro atoms. The number of nitrogens with one attached hydrogen (secondary N) is 2. The Morgan fingerprint density at radius 2 is 2.05 bits per heavy atom. The molecule has 0 atom stereocenters. The van der Waals surface area contributed by atoms with Crippen molar-refractivity contribution in [1.82, 2.24) is 5.32 Å². The zero-order chi connectivity index (χ0) is 14.1. The van der Waals surface area contributed by atoms with Crippen LogP contribution in [0, 0.1) is 0 Å². The van der Waals surface area contributed by atoms with Gasteiger partial charge in [-0.15, -0.1) is 0 Å². The highest BCUT2D eigenvalue weighted by Gasteiger charge is 2.07. The third-order valence-corrected chi connectivity index (χ3v) is 2.48. The summed E-state index contributed by atoms with van der Waals surface area (Å²) in [6.45, 7) is 1.27. The molecule has 19 heavy (non-hydrogen) atoms. The first-order chi connectivity index (χ1) is 9.15. The van der Waals surface area contributed by atoms with Crippen molar-refractivity contribution in [2.45, 2.75) is 6.42 Å². The van der Waals surface area contributed by atoms with Crippen LogP contribution < -0.4 is 16.4 Å². The van der Waals surface area contributed by atoms with Crippen molar-refractivity contribution in [3.63, 3.8) is 0 Å². The van der Waals surface area contributed by atoms with Crippen LogP contribution in [0.15, 0.2) is 24.3 Å². The maximum atomic E-state index is 11.5. The predicted molar refractivity (Wildman–Crippen MR) is 73.0 cm³/mol. The fraction of sp³-hybridized carbons (Fsp3) is 0.385. The van der Waals surface area contributed by atoms with Gasteiger partial charge in [0.15, 0.2) is 0 Å². The molecule has 0 bridgehead atoms. The van der Waals surface area contributed by atoms with E-state index in [2.05, 4.69) is 10.6 Å². The minimum atomic E-state index is -0.524. The Kier molecular flexibility index (Phi) is 6.38. The summed E-state index contributed by atoms with van der Waals surface area (Å²) in [7, 11) is 1.62. The predicted octanol–water partition coefficient (Wildman–Crippen LogP) is 0.350. The molecule has 1 aromatic carbocycles. The fourth-order valence-electron chi connectivity index (χ4n) is 1.53.